The van der Waals surface area contributed by atoms with Gasteiger partial charge in [-0.25, -0.2) is 12.7 Å². The Balaban J connectivity index is 1.83. The fraction of sp³-hybridized carbons (Fsp3) is 0.909. The first-order chi connectivity index (χ1) is 8.57. The van der Waals surface area contributed by atoms with Crippen LogP contribution in [0.15, 0.2) is 0 Å². The average Bonchev–Trinajstić information content (AvgIpc) is 2.97. The summed E-state index contributed by atoms with van der Waals surface area (Å²) in [6, 6.07) is 0. The maximum absolute atomic E-state index is 12.4. The number of amides is 1. The van der Waals surface area contributed by atoms with Crippen LogP contribution < -0.4 is 0 Å². The Hall–Kier alpha value is -0.140. The van der Waals surface area contributed by atoms with Gasteiger partial charge in [0.2, 0.25) is 15.9 Å². The van der Waals surface area contributed by atoms with E-state index in [-0.39, 0.29) is 18.1 Å². The summed E-state index contributed by atoms with van der Waals surface area (Å²) in [7, 11) is -3.48. The Morgan fingerprint density at radius 1 is 1.28 bits per heavy atom. The summed E-state index contributed by atoms with van der Waals surface area (Å²) in [6.07, 6.45) is 2.76. The van der Waals surface area contributed by atoms with Crippen LogP contribution in [-0.2, 0) is 19.6 Å². The van der Waals surface area contributed by atoms with Gasteiger partial charge in [-0.05, 0) is 25.7 Å². The van der Waals surface area contributed by atoms with Gasteiger partial charge in [0.25, 0.3) is 0 Å². The summed E-state index contributed by atoms with van der Waals surface area (Å²) >= 11 is 3.31. The summed E-state index contributed by atoms with van der Waals surface area (Å²) in [6.45, 7) is 0.319. The first kappa shape index (κ1) is 12.9. The average molecular weight is 338 g/mol. The third-order valence-electron chi connectivity index (χ3n) is 4.13. The highest BCUT2D eigenvalue weighted by Gasteiger charge is 2.65. The molecule has 3 heterocycles. The standard InChI is InChI=1S/C11H16BrNO4S/c12-5-1-2-6-13-11(14)9-7-3-4-8(17-7)10(9)18(13,15)16/h7-10H,1-6H2/t7-,8+,9-,10+/m0/s1. The van der Waals surface area contributed by atoms with Crippen molar-refractivity contribution in [2.24, 2.45) is 5.92 Å². The largest absolute Gasteiger partial charge is 0.373 e. The lowest BCUT2D eigenvalue weighted by molar-refractivity contribution is -0.130. The Labute approximate surface area is 115 Å². The van der Waals surface area contributed by atoms with Crippen LogP contribution in [0.25, 0.3) is 0 Å². The number of hydrogen-bond donors (Lipinski definition) is 0. The number of rotatable bonds is 4. The van der Waals surface area contributed by atoms with Crippen molar-refractivity contribution in [3.05, 3.63) is 0 Å². The lowest BCUT2D eigenvalue weighted by Gasteiger charge is -2.18. The predicted molar refractivity (Wildman–Crippen MR) is 68.8 cm³/mol. The van der Waals surface area contributed by atoms with Gasteiger partial charge in [-0.1, -0.05) is 15.9 Å². The van der Waals surface area contributed by atoms with E-state index < -0.39 is 21.2 Å². The SMILES string of the molecule is O=C1[C@@H]2[C@@H]([C@H]3CC[C@@H]2O3)S(=O)(=O)N1CCCCBr. The van der Waals surface area contributed by atoms with E-state index in [0.717, 1.165) is 28.9 Å². The number of halogens is 1. The van der Waals surface area contributed by atoms with E-state index in [9.17, 15) is 13.2 Å². The van der Waals surface area contributed by atoms with Gasteiger partial charge in [0, 0.05) is 11.9 Å². The first-order valence-corrected chi connectivity index (χ1v) is 8.96. The molecule has 0 aliphatic carbocycles. The van der Waals surface area contributed by atoms with Crippen LogP contribution in [0.2, 0.25) is 0 Å². The van der Waals surface area contributed by atoms with E-state index in [1.807, 2.05) is 0 Å². The highest BCUT2D eigenvalue weighted by molar-refractivity contribution is 9.09. The highest BCUT2D eigenvalue weighted by atomic mass is 79.9. The summed E-state index contributed by atoms with van der Waals surface area (Å²) in [5.41, 5.74) is 0. The molecule has 3 fully saturated rings. The fourth-order valence-electron chi connectivity index (χ4n) is 3.34. The van der Waals surface area contributed by atoms with Crippen molar-refractivity contribution >= 4 is 31.9 Å². The molecule has 0 unspecified atom stereocenters. The molecule has 4 atom stereocenters. The molecule has 3 rings (SSSR count). The molecule has 5 nitrogen and oxygen atoms in total. The van der Waals surface area contributed by atoms with Crippen LogP contribution in [0.3, 0.4) is 0 Å². The number of alkyl halides is 1. The van der Waals surface area contributed by atoms with Crippen molar-refractivity contribution in [2.45, 2.75) is 43.1 Å². The molecule has 0 aromatic carbocycles. The van der Waals surface area contributed by atoms with E-state index in [1.54, 1.807) is 0 Å². The predicted octanol–water partition coefficient (Wildman–Crippen LogP) is 0.880. The van der Waals surface area contributed by atoms with Gasteiger partial charge in [0.15, 0.2) is 0 Å². The Kier molecular flexibility index (Phi) is 3.18. The lowest BCUT2D eigenvalue weighted by atomic mass is 9.88. The molecule has 3 aliphatic heterocycles. The molecule has 102 valence electrons. The monoisotopic (exact) mass is 337 g/mol. The summed E-state index contributed by atoms with van der Waals surface area (Å²) in [5.74, 6) is -0.667. The summed E-state index contributed by atoms with van der Waals surface area (Å²) in [5, 5.41) is 0.226. The van der Waals surface area contributed by atoms with Crippen LogP contribution in [0.5, 0.6) is 0 Å². The second-order valence-corrected chi connectivity index (χ2v) is 7.94. The Bertz CT molecular complexity index is 466. The van der Waals surface area contributed by atoms with Gasteiger partial charge in [-0.15, -0.1) is 0 Å². The third kappa shape index (κ3) is 1.67. The number of sulfonamides is 1. The Morgan fingerprint density at radius 2 is 2.00 bits per heavy atom. The number of carbonyl (C=O) groups is 1. The van der Waals surface area contributed by atoms with Crippen molar-refractivity contribution < 1.29 is 17.9 Å². The fourth-order valence-corrected chi connectivity index (χ4v) is 6.03. The first-order valence-electron chi connectivity index (χ1n) is 6.34. The normalized spacial score (nSPS) is 40.5. The molecule has 0 N–H and O–H groups in total. The van der Waals surface area contributed by atoms with Gasteiger partial charge in [0.1, 0.15) is 5.25 Å². The van der Waals surface area contributed by atoms with Crippen molar-refractivity contribution in [1.29, 1.82) is 0 Å². The third-order valence-corrected chi connectivity index (χ3v) is 6.96. The summed E-state index contributed by atoms with van der Waals surface area (Å²) in [4.78, 5) is 12.2. The van der Waals surface area contributed by atoms with Gasteiger partial charge >= 0.3 is 0 Å². The molecule has 0 aromatic heterocycles. The topological polar surface area (TPSA) is 63.7 Å². The lowest BCUT2D eigenvalue weighted by Crippen LogP contribution is -2.36. The number of fused-ring (bicyclic) bond motifs is 5. The van der Waals surface area contributed by atoms with Crippen LogP contribution in [0.4, 0.5) is 0 Å². The molecular formula is C11H16BrNO4S. The minimum Gasteiger partial charge on any atom is -0.373 e. The smallest absolute Gasteiger partial charge is 0.243 e. The quantitative estimate of drug-likeness (QED) is 0.564. The highest BCUT2D eigenvalue weighted by Crippen LogP contribution is 2.48. The molecular weight excluding hydrogens is 322 g/mol. The van der Waals surface area contributed by atoms with E-state index in [4.69, 9.17) is 4.74 Å². The zero-order valence-electron chi connectivity index (χ0n) is 9.92. The van der Waals surface area contributed by atoms with E-state index in [2.05, 4.69) is 15.9 Å². The van der Waals surface area contributed by atoms with Gasteiger partial charge in [-0.2, -0.15) is 0 Å². The number of nitrogens with zero attached hydrogens (tertiary/aromatic N) is 1. The molecule has 0 spiro atoms. The number of unbranched alkanes of at least 4 members (excludes halogenated alkanes) is 1. The number of ether oxygens (including phenoxy) is 1. The van der Waals surface area contributed by atoms with E-state index in [0.29, 0.717) is 13.0 Å². The minimum absolute atomic E-state index is 0.163. The second-order valence-electron chi connectivity index (χ2n) is 5.13. The minimum atomic E-state index is -3.48. The van der Waals surface area contributed by atoms with Crippen molar-refractivity contribution in [1.82, 2.24) is 4.31 Å². The zero-order valence-corrected chi connectivity index (χ0v) is 12.3. The molecule has 3 aliphatic rings. The molecule has 1 amide bonds. The molecule has 7 heteroatoms. The number of carbonyl (C=O) groups excluding carboxylic acids is 1. The van der Waals surface area contributed by atoms with Crippen molar-refractivity contribution in [2.75, 3.05) is 11.9 Å². The molecule has 2 bridgehead atoms. The van der Waals surface area contributed by atoms with Gasteiger partial charge < -0.3 is 4.74 Å². The van der Waals surface area contributed by atoms with E-state index in [1.165, 1.54) is 0 Å². The van der Waals surface area contributed by atoms with E-state index >= 15 is 0 Å². The molecule has 0 radical (unpaired) electrons. The molecule has 3 saturated heterocycles. The maximum atomic E-state index is 12.4. The zero-order chi connectivity index (χ0) is 12.9. The maximum Gasteiger partial charge on any atom is 0.243 e. The van der Waals surface area contributed by atoms with Crippen LogP contribution in [0, 0.1) is 5.92 Å². The van der Waals surface area contributed by atoms with Crippen molar-refractivity contribution in [3.63, 3.8) is 0 Å². The van der Waals surface area contributed by atoms with Crippen LogP contribution >= 0.6 is 15.9 Å². The number of hydrogen-bond acceptors (Lipinski definition) is 4. The summed E-state index contributed by atoms with van der Waals surface area (Å²) < 4.78 is 31.5. The molecule has 0 saturated carbocycles. The van der Waals surface area contributed by atoms with Crippen molar-refractivity contribution in [3.8, 4) is 0 Å². The second kappa shape index (κ2) is 4.45. The van der Waals surface area contributed by atoms with Crippen LogP contribution in [-0.4, -0.2) is 48.0 Å². The van der Waals surface area contributed by atoms with Gasteiger partial charge in [0.05, 0.1) is 18.1 Å². The van der Waals surface area contributed by atoms with Crippen LogP contribution in [0.1, 0.15) is 25.7 Å². The molecule has 18 heavy (non-hydrogen) atoms. The Morgan fingerprint density at radius 3 is 2.67 bits per heavy atom. The molecule has 0 aromatic rings. The van der Waals surface area contributed by atoms with Gasteiger partial charge in [-0.3, -0.25) is 4.79 Å².